The van der Waals surface area contributed by atoms with Gasteiger partial charge in [0.2, 0.25) is 11.8 Å². The Morgan fingerprint density at radius 1 is 1.12 bits per heavy atom. The van der Waals surface area contributed by atoms with Crippen LogP contribution in [0.5, 0.6) is 0 Å². The molecule has 1 aromatic carbocycles. The van der Waals surface area contributed by atoms with Gasteiger partial charge in [-0.2, -0.15) is 4.67 Å². The molecule has 0 saturated heterocycles. The normalized spacial score (nSPS) is 13.5. The van der Waals surface area contributed by atoms with Crippen LogP contribution in [-0.4, -0.2) is 56.1 Å². The third-order valence-corrected chi connectivity index (χ3v) is 5.92. The molecule has 0 aliphatic carbocycles. The Balaban J connectivity index is 2.19. The number of aliphatic carboxylic acids is 1. The molecule has 1 aromatic heterocycles. The summed E-state index contributed by atoms with van der Waals surface area (Å²) in [7, 11) is -4.96. The molecule has 0 aliphatic rings. The summed E-state index contributed by atoms with van der Waals surface area (Å²) in [5, 5.41) is 14.3. The monoisotopic (exact) mass is 481 g/mol. The zero-order chi connectivity index (χ0) is 24.8. The summed E-state index contributed by atoms with van der Waals surface area (Å²) in [6.07, 6.45) is 1.49. The zero-order valence-electron chi connectivity index (χ0n) is 18.5. The van der Waals surface area contributed by atoms with Crippen LogP contribution in [0.1, 0.15) is 26.3 Å². The van der Waals surface area contributed by atoms with Crippen molar-refractivity contribution < 1.29 is 38.3 Å². The first-order valence-corrected chi connectivity index (χ1v) is 11.7. The predicted molar refractivity (Wildman–Crippen MR) is 119 cm³/mol. The van der Waals surface area contributed by atoms with Crippen LogP contribution in [0.3, 0.4) is 0 Å². The molecule has 2 unspecified atom stereocenters. The number of carboxylic acid groups (broad SMARTS) is 1. The number of furan rings is 1. The number of benzene rings is 1. The third kappa shape index (κ3) is 7.54. The van der Waals surface area contributed by atoms with Gasteiger partial charge in [0.1, 0.15) is 17.8 Å². The number of carboxylic acids is 1. The highest BCUT2D eigenvalue weighted by molar-refractivity contribution is 7.49. The summed E-state index contributed by atoms with van der Waals surface area (Å²) >= 11 is 0. The Hall–Kier alpha value is -2.98. The van der Waals surface area contributed by atoms with Crippen molar-refractivity contribution in [3.63, 3.8) is 0 Å². The second kappa shape index (κ2) is 11.2. The second-order valence-corrected chi connectivity index (χ2v) is 9.35. The van der Waals surface area contributed by atoms with Crippen molar-refractivity contribution in [2.45, 2.75) is 39.3 Å². The van der Waals surface area contributed by atoms with Crippen molar-refractivity contribution in [3.8, 4) is 11.3 Å². The number of nitrogens with zero attached hydrogens (tertiary/aromatic N) is 1. The summed E-state index contributed by atoms with van der Waals surface area (Å²) < 4.78 is 17.9. The fraction of sp³-hybridized carbons (Fsp3) is 0.381. The molecule has 2 atom stereocenters. The van der Waals surface area contributed by atoms with E-state index in [0.29, 0.717) is 16.0 Å². The van der Waals surface area contributed by atoms with Crippen LogP contribution >= 0.6 is 7.75 Å². The molecule has 2 aromatic rings. The van der Waals surface area contributed by atoms with Crippen molar-refractivity contribution in [1.82, 2.24) is 15.3 Å². The second-order valence-electron chi connectivity index (χ2n) is 7.81. The maximum atomic E-state index is 12.9. The SMILES string of the molecule is CC(=O)NCN(C(C(=O)NC(Cc1ccc(-c2ccco2)cc1)C(=O)O)C(C)C)P(=O)(O)O. The topological polar surface area (TPSA) is 169 Å². The molecule has 5 N–H and O–H groups in total. The minimum absolute atomic E-state index is 0.0497. The van der Waals surface area contributed by atoms with E-state index in [0.717, 1.165) is 5.56 Å². The van der Waals surface area contributed by atoms with Gasteiger partial charge in [-0.25, -0.2) is 9.36 Å². The van der Waals surface area contributed by atoms with E-state index in [1.165, 1.54) is 13.2 Å². The van der Waals surface area contributed by atoms with Gasteiger partial charge in [0, 0.05) is 18.9 Å². The van der Waals surface area contributed by atoms with Crippen LogP contribution in [0, 0.1) is 5.92 Å². The number of carbonyl (C=O) groups excluding carboxylic acids is 2. The van der Waals surface area contributed by atoms with E-state index in [1.54, 1.807) is 50.2 Å². The number of rotatable bonds is 11. The van der Waals surface area contributed by atoms with Crippen molar-refractivity contribution in [2.24, 2.45) is 5.92 Å². The molecular formula is C21H28N3O8P. The summed E-state index contributed by atoms with van der Waals surface area (Å²) in [6.45, 7) is 3.70. The summed E-state index contributed by atoms with van der Waals surface area (Å²) in [4.78, 5) is 55.4. The summed E-state index contributed by atoms with van der Waals surface area (Å²) in [5.41, 5.74) is 1.43. The average Bonchev–Trinajstić information content (AvgIpc) is 3.24. The predicted octanol–water partition coefficient (Wildman–Crippen LogP) is 1.57. The third-order valence-electron chi connectivity index (χ3n) is 4.86. The summed E-state index contributed by atoms with van der Waals surface area (Å²) in [5.74, 6) is -2.67. The lowest BCUT2D eigenvalue weighted by molar-refractivity contribution is -0.142. The molecule has 33 heavy (non-hydrogen) atoms. The maximum Gasteiger partial charge on any atom is 0.405 e. The molecule has 0 aliphatic heterocycles. The van der Waals surface area contributed by atoms with E-state index in [-0.39, 0.29) is 6.42 Å². The first kappa shape index (κ1) is 26.3. The molecule has 11 nitrogen and oxygen atoms in total. The Kier molecular flexibility index (Phi) is 8.95. The first-order valence-electron chi connectivity index (χ1n) is 10.1. The smallest absolute Gasteiger partial charge is 0.405 e. The van der Waals surface area contributed by atoms with E-state index in [9.17, 15) is 33.8 Å². The first-order chi connectivity index (χ1) is 15.4. The van der Waals surface area contributed by atoms with Crippen molar-refractivity contribution in [1.29, 1.82) is 0 Å². The zero-order valence-corrected chi connectivity index (χ0v) is 19.4. The van der Waals surface area contributed by atoms with Crippen LogP contribution < -0.4 is 10.6 Å². The largest absolute Gasteiger partial charge is 0.480 e. The van der Waals surface area contributed by atoms with Gasteiger partial charge < -0.3 is 29.9 Å². The van der Waals surface area contributed by atoms with Crippen molar-refractivity contribution in [3.05, 3.63) is 48.2 Å². The van der Waals surface area contributed by atoms with Gasteiger partial charge in [-0.15, -0.1) is 0 Å². The number of amides is 2. The maximum absolute atomic E-state index is 12.9. The van der Waals surface area contributed by atoms with Crippen LogP contribution in [0.2, 0.25) is 0 Å². The fourth-order valence-corrected chi connectivity index (χ4v) is 4.22. The average molecular weight is 481 g/mol. The van der Waals surface area contributed by atoms with Crippen molar-refractivity contribution >= 4 is 25.5 Å². The van der Waals surface area contributed by atoms with Crippen LogP contribution in [0.25, 0.3) is 11.3 Å². The van der Waals surface area contributed by atoms with E-state index in [4.69, 9.17) is 4.42 Å². The van der Waals surface area contributed by atoms with Crippen LogP contribution in [-0.2, 0) is 25.4 Å². The molecule has 0 fully saturated rings. The van der Waals surface area contributed by atoms with Gasteiger partial charge in [0.25, 0.3) is 0 Å². The van der Waals surface area contributed by atoms with Gasteiger partial charge in [-0.1, -0.05) is 38.1 Å². The minimum atomic E-state index is -4.96. The van der Waals surface area contributed by atoms with Gasteiger partial charge >= 0.3 is 13.7 Å². The molecular weight excluding hydrogens is 453 g/mol. The highest BCUT2D eigenvalue weighted by Gasteiger charge is 2.40. The van der Waals surface area contributed by atoms with Gasteiger partial charge in [0.15, 0.2) is 0 Å². The molecule has 0 bridgehead atoms. The molecule has 0 saturated carbocycles. The number of hydrogen-bond donors (Lipinski definition) is 5. The fourth-order valence-electron chi connectivity index (χ4n) is 3.27. The van der Waals surface area contributed by atoms with Gasteiger partial charge in [-0.3, -0.25) is 9.59 Å². The highest BCUT2D eigenvalue weighted by atomic mass is 31.2. The molecule has 2 amide bonds. The Morgan fingerprint density at radius 3 is 2.21 bits per heavy atom. The molecule has 0 spiro atoms. The van der Waals surface area contributed by atoms with Crippen molar-refractivity contribution in [2.75, 3.05) is 6.67 Å². The number of hydrogen-bond acceptors (Lipinski definition) is 5. The minimum Gasteiger partial charge on any atom is -0.480 e. The van der Waals surface area contributed by atoms with E-state index in [2.05, 4.69) is 10.6 Å². The van der Waals surface area contributed by atoms with Crippen LogP contribution in [0.15, 0.2) is 47.1 Å². The summed E-state index contributed by atoms with van der Waals surface area (Å²) in [6, 6.07) is 7.74. The molecule has 180 valence electrons. The molecule has 0 radical (unpaired) electrons. The lowest BCUT2D eigenvalue weighted by Gasteiger charge is -2.33. The quantitative estimate of drug-likeness (QED) is 0.236. The lowest BCUT2D eigenvalue weighted by Crippen LogP contribution is -2.55. The Bertz CT molecular complexity index is 1000. The van der Waals surface area contributed by atoms with E-state index >= 15 is 0 Å². The van der Waals surface area contributed by atoms with Gasteiger partial charge in [0.05, 0.1) is 12.9 Å². The number of nitrogens with one attached hydrogen (secondary N) is 2. The van der Waals surface area contributed by atoms with Gasteiger partial charge in [-0.05, 0) is 23.6 Å². The Morgan fingerprint density at radius 2 is 1.76 bits per heavy atom. The van der Waals surface area contributed by atoms with E-state index < -0.39 is 50.2 Å². The molecule has 2 rings (SSSR count). The lowest BCUT2D eigenvalue weighted by atomic mass is 10.0. The molecule has 12 heteroatoms. The highest BCUT2D eigenvalue weighted by Crippen LogP contribution is 2.42. The van der Waals surface area contributed by atoms with Crippen LogP contribution in [0.4, 0.5) is 0 Å². The standard InChI is InChI=1S/C21H28N3O8P/c1-13(2)19(24(33(29,30)31)12-22-14(3)25)20(26)23-17(21(27)28)11-15-6-8-16(9-7-15)18-5-4-10-32-18/h4-10,13,17,19H,11-12H2,1-3H3,(H,22,25)(H,23,26)(H,27,28)(H2,29,30,31). The Labute approximate surface area is 191 Å². The molecule has 1 heterocycles. The number of carbonyl (C=O) groups is 3. The van der Waals surface area contributed by atoms with E-state index in [1.807, 2.05) is 0 Å².